The molecular weight excluding hydrogens is 240 g/mol. The molecule has 0 aliphatic carbocycles. The van der Waals surface area contributed by atoms with E-state index in [0.29, 0.717) is 6.04 Å². The van der Waals surface area contributed by atoms with E-state index in [4.69, 9.17) is 4.52 Å². The Labute approximate surface area is 114 Å². The maximum Gasteiger partial charge on any atom is 0.243 e. The number of aromatic nitrogens is 2. The van der Waals surface area contributed by atoms with Crippen molar-refractivity contribution in [1.29, 1.82) is 0 Å². The lowest BCUT2D eigenvalue weighted by Crippen LogP contribution is -2.37. The van der Waals surface area contributed by atoms with E-state index in [1.807, 2.05) is 0 Å². The van der Waals surface area contributed by atoms with Crippen LogP contribution in [0.25, 0.3) is 0 Å². The van der Waals surface area contributed by atoms with Gasteiger partial charge in [-0.3, -0.25) is 0 Å². The molecule has 0 radical (unpaired) electrons. The van der Waals surface area contributed by atoms with Gasteiger partial charge >= 0.3 is 0 Å². The minimum absolute atomic E-state index is 0.277. The van der Waals surface area contributed by atoms with Gasteiger partial charge in [-0.05, 0) is 45.8 Å². The number of piperidine rings is 2. The number of rotatable bonds is 3. The number of nitrogens with zero attached hydrogens (tertiary/aromatic N) is 3. The zero-order valence-corrected chi connectivity index (χ0v) is 11.8. The first-order valence-electron chi connectivity index (χ1n) is 7.59. The second-order valence-electron chi connectivity index (χ2n) is 5.89. The Kier molecular flexibility index (Phi) is 4.13. The van der Waals surface area contributed by atoms with Crippen LogP contribution in [0.5, 0.6) is 0 Å². The molecule has 5 heteroatoms. The van der Waals surface area contributed by atoms with E-state index < -0.39 is 0 Å². The summed E-state index contributed by atoms with van der Waals surface area (Å²) in [5.41, 5.74) is 0. The molecule has 106 valence electrons. The number of hydrogen-bond donors (Lipinski definition) is 1. The molecule has 2 unspecified atom stereocenters. The zero-order chi connectivity index (χ0) is 13.1. The van der Waals surface area contributed by atoms with Crippen LogP contribution in [-0.2, 0) is 6.42 Å². The van der Waals surface area contributed by atoms with Crippen molar-refractivity contribution in [3.05, 3.63) is 11.7 Å². The van der Waals surface area contributed by atoms with Crippen molar-refractivity contribution in [2.24, 2.45) is 0 Å². The molecule has 3 rings (SSSR count). The Hall–Kier alpha value is -0.940. The van der Waals surface area contributed by atoms with Gasteiger partial charge in [-0.15, -0.1) is 0 Å². The van der Waals surface area contributed by atoms with E-state index in [-0.39, 0.29) is 6.04 Å². The van der Waals surface area contributed by atoms with Gasteiger partial charge in [0.2, 0.25) is 5.89 Å². The predicted molar refractivity (Wildman–Crippen MR) is 72.9 cm³/mol. The average molecular weight is 264 g/mol. The molecule has 3 heterocycles. The van der Waals surface area contributed by atoms with Crippen LogP contribution in [0.4, 0.5) is 0 Å². The molecule has 2 aliphatic heterocycles. The van der Waals surface area contributed by atoms with Gasteiger partial charge in [-0.1, -0.05) is 18.0 Å². The lowest BCUT2D eigenvalue weighted by Gasteiger charge is -2.31. The van der Waals surface area contributed by atoms with Gasteiger partial charge in [0, 0.05) is 12.5 Å². The van der Waals surface area contributed by atoms with Crippen molar-refractivity contribution in [3.8, 4) is 0 Å². The molecule has 5 nitrogen and oxygen atoms in total. The van der Waals surface area contributed by atoms with Gasteiger partial charge in [-0.25, -0.2) is 0 Å². The van der Waals surface area contributed by atoms with Crippen LogP contribution in [0.15, 0.2) is 4.52 Å². The van der Waals surface area contributed by atoms with Gasteiger partial charge in [0.05, 0.1) is 6.04 Å². The second kappa shape index (κ2) is 6.01. The minimum atomic E-state index is 0.277. The van der Waals surface area contributed by atoms with Gasteiger partial charge in [0.15, 0.2) is 5.82 Å². The maximum atomic E-state index is 5.44. The van der Waals surface area contributed by atoms with E-state index in [9.17, 15) is 0 Å². The fourth-order valence-corrected chi connectivity index (χ4v) is 3.17. The molecule has 1 aromatic rings. The van der Waals surface area contributed by atoms with Crippen molar-refractivity contribution in [2.45, 2.75) is 57.0 Å². The Morgan fingerprint density at radius 1 is 1.26 bits per heavy atom. The summed E-state index contributed by atoms with van der Waals surface area (Å²) in [4.78, 5) is 7.02. The first-order chi connectivity index (χ1) is 9.33. The monoisotopic (exact) mass is 264 g/mol. The third-order valence-corrected chi connectivity index (χ3v) is 4.43. The van der Waals surface area contributed by atoms with Crippen LogP contribution in [0.3, 0.4) is 0 Å². The number of nitrogens with one attached hydrogen (secondary N) is 1. The molecule has 0 aromatic carbocycles. The maximum absolute atomic E-state index is 5.44. The summed E-state index contributed by atoms with van der Waals surface area (Å²) in [5, 5.41) is 7.62. The van der Waals surface area contributed by atoms with Crippen LogP contribution in [0.2, 0.25) is 0 Å². The second-order valence-corrected chi connectivity index (χ2v) is 5.89. The molecule has 1 aromatic heterocycles. The lowest BCUT2D eigenvalue weighted by molar-refractivity contribution is 0.181. The third-order valence-electron chi connectivity index (χ3n) is 4.43. The SMILES string of the molecule is CN1CCCCC1Cc1noc(C2CCCCN2)n1. The molecule has 0 spiro atoms. The van der Waals surface area contributed by atoms with Crippen molar-refractivity contribution < 1.29 is 4.52 Å². The number of likely N-dealkylation sites (tertiary alicyclic amines) is 1. The van der Waals surface area contributed by atoms with E-state index in [1.54, 1.807) is 0 Å². The Morgan fingerprint density at radius 3 is 2.95 bits per heavy atom. The molecule has 2 saturated heterocycles. The van der Waals surface area contributed by atoms with E-state index in [2.05, 4.69) is 27.4 Å². The van der Waals surface area contributed by atoms with Crippen LogP contribution in [0.1, 0.15) is 56.3 Å². The summed E-state index contributed by atoms with van der Waals surface area (Å²) in [7, 11) is 2.20. The fourth-order valence-electron chi connectivity index (χ4n) is 3.17. The predicted octanol–water partition coefficient (Wildman–Crippen LogP) is 1.91. The standard InChI is InChI=1S/C14H24N4O/c1-18-9-5-3-6-11(18)10-13-16-14(19-17-13)12-7-2-4-8-15-12/h11-12,15H,2-10H2,1H3. The Morgan fingerprint density at radius 2 is 2.16 bits per heavy atom. The van der Waals surface area contributed by atoms with Gasteiger partial charge in [0.25, 0.3) is 0 Å². The highest BCUT2D eigenvalue weighted by molar-refractivity contribution is 4.96. The first-order valence-corrected chi connectivity index (χ1v) is 7.59. The van der Waals surface area contributed by atoms with Crippen LogP contribution in [-0.4, -0.2) is 41.2 Å². The van der Waals surface area contributed by atoms with E-state index >= 15 is 0 Å². The smallest absolute Gasteiger partial charge is 0.243 e. The highest BCUT2D eigenvalue weighted by atomic mass is 16.5. The van der Waals surface area contributed by atoms with Crippen molar-refractivity contribution in [2.75, 3.05) is 20.1 Å². The van der Waals surface area contributed by atoms with Crippen molar-refractivity contribution in [1.82, 2.24) is 20.4 Å². The quantitative estimate of drug-likeness (QED) is 0.904. The number of likely N-dealkylation sites (N-methyl/N-ethyl adjacent to an activating group) is 1. The van der Waals surface area contributed by atoms with Crippen LogP contribution in [0, 0.1) is 0 Å². The third kappa shape index (κ3) is 3.15. The molecule has 0 bridgehead atoms. The summed E-state index contributed by atoms with van der Waals surface area (Å²) in [6, 6.07) is 0.859. The molecule has 19 heavy (non-hydrogen) atoms. The molecule has 1 N–H and O–H groups in total. The lowest BCUT2D eigenvalue weighted by atomic mass is 10.00. The molecule has 2 atom stereocenters. The van der Waals surface area contributed by atoms with Crippen molar-refractivity contribution in [3.63, 3.8) is 0 Å². The summed E-state index contributed by atoms with van der Waals surface area (Å²) in [5.74, 6) is 1.66. The van der Waals surface area contributed by atoms with E-state index in [1.165, 1.54) is 38.6 Å². The van der Waals surface area contributed by atoms with Crippen molar-refractivity contribution >= 4 is 0 Å². The normalized spacial score (nSPS) is 29.5. The number of hydrogen-bond acceptors (Lipinski definition) is 5. The largest absolute Gasteiger partial charge is 0.338 e. The fraction of sp³-hybridized carbons (Fsp3) is 0.857. The summed E-state index contributed by atoms with van der Waals surface area (Å²) >= 11 is 0. The average Bonchev–Trinajstić information content (AvgIpc) is 2.91. The Bertz CT molecular complexity index is 400. The molecule has 0 amide bonds. The first kappa shape index (κ1) is 13.1. The summed E-state index contributed by atoms with van der Waals surface area (Å²) in [6.45, 7) is 2.26. The minimum Gasteiger partial charge on any atom is -0.338 e. The molecular formula is C14H24N4O. The van der Waals surface area contributed by atoms with Crippen LogP contribution >= 0.6 is 0 Å². The van der Waals surface area contributed by atoms with E-state index in [0.717, 1.165) is 31.1 Å². The summed E-state index contributed by atoms with van der Waals surface area (Å²) in [6.07, 6.45) is 8.44. The molecule has 0 saturated carbocycles. The molecule has 2 aliphatic rings. The van der Waals surface area contributed by atoms with Gasteiger partial charge in [0.1, 0.15) is 0 Å². The summed E-state index contributed by atoms with van der Waals surface area (Å²) < 4.78 is 5.44. The van der Waals surface area contributed by atoms with Gasteiger partial charge in [-0.2, -0.15) is 4.98 Å². The van der Waals surface area contributed by atoms with Gasteiger partial charge < -0.3 is 14.7 Å². The highest BCUT2D eigenvalue weighted by Gasteiger charge is 2.24. The highest BCUT2D eigenvalue weighted by Crippen LogP contribution is 2.23. The topological polar surface area (TPSA) is 54.2 Å². The zero-order valence-electron chi connectivity index (χ0n) is 11.8. The Balaban J connectivity index is 1.60. The molecule has 2 fully saturated rings. The van der Waals surface area contributed by atoms with Crippen LogP contribution < -0.4 is 5.32 Å².